The quantitative estimate of drug-likeness (QED) is 0.875. The second kappa shape index (κ2) is 6.01. The summed E-state index contributed by atoms with van der Waals surface area (Å²) in [6.45, 7) is 0. The van der Waals surface area contributed by atoms with Gasteiger partial charge in [-0.15, -0.1) is 0 Å². The third kappa shape index (κ3) is 3.82. The zero-order chi connectivity index (χ0) is 13.7. The minimum absolute atomic E-state index is 0.00489. The standard InChI is InChI=1S/C12H10ClN3O3/c1-18-10-7-9(13)14-11(15-10)16-12(17)19-8-5-3-2-4-6-8/h2-7H,1H3,(H,14,15,16,17). The number of methoxy groups -OCH3 is 1. The summed E-state index contributed by atoms with van der Waals surface area (Å²) < 4.78 is 9.93. The summed E-state index contributed by atoms with van der Waals surface area (Å²) in [6.07, 6.45) is -0.712. The van der Waals surface area contributed by atoms with Crippen molar-refractivity contribution in [2.45, 2.75) is 0 Å². The molecule has 1 heterocycles. The average molecular weight is 280 g/mol. The van der Waals surface area contributed by atoms with Crippen LogP contribution < -0.4 is 14.8 Å². The number of hydrogen-bond acceptors (Lipinski definition) is 5. The molecule has 0 radical (unpaired) electrons. The Morgan fingerprint density at radius 2 is 2.00 bits per heavy atom. The number of nitrogens with one attached hydrogen (secondary N) is 1. The van der Waals surface area contributed by atoms with Crippen molar-refractivity contribution in [3.8, 4) is 11.6 Å². The zero-order valence-corrected chi connectivity index (χ0v) is 10.7. The lowest BCUT2D eigenvalue weighted by Gasteiger charge is -2.06. The summed E-state index contributed by atoms with van der Waals surface area (Å²) in [5.74, 6) is 0.661. The molecule has 0 bridgehead atoms. The summed E-state index contributed by atoms with van der Waals surface area (Å²) in [5, 5.41) is 2.51. The fourth-order valence-corrected chi connectivity index (χ4v) is 1.44. The van der Waals surface area contributed by atoms with Crippen LogP contribution in [-0.2, 0) is 0 Å². The Morgan fingerprint density at radius 3 is 2.68 bits per heavy atom. The number of benzene rings is 1. The van der Waals surface area contributed by atoms with Gasteiger partial charge in [0.1, 0.15) is 10.9 Å². The fraction of sp³-hybridized carbons (Fsp3) is 0.0833. The highest BCUT2D eigenvalue weighted by molar-refractivity contribution is 6.29. The van der Waals surface area contributed by atoms with Crippen LogP contribution >= 0.6 is 11.6 Å². The van der Waals surface area contributed by atoms with Crippen molar-refractivity contribution >= 4 is 23.6 Å². The van der Waals surface area contributed by atoms with E-state index in [1.807, 2.05) is 6.07 Å². The molecule has 7 heteroatoms. The number of anilines is 1. The van der Waals surface area contributed by atoms with E-state index in [1.165, 1.54) is 13.2 Å². The number of hydrogen-bond donors (Lipinski definition) is 1. The van der Waals surface area contributed by atoms with Gasteiger partial charge in [-0.25, -0.2) is 9.78 Å². The van der Waals surface area contributed by atoms with Gasteiger partial charge in [0.05, 0.1) is 7.11 Å². The predicted molar refractivity (Wildman–Crippen MR) is 69.7 cm³/mol. The van der Waals surface area contributed by atoms with E-state index in [9.17, 15) is 4.79 Å². The molecule has 0 aliphatic heterocycles. The van der Waals surface area contributed by atoms with Gasteiger partial charge in [0.15, 0.2) is 0 Å². The van der Waals surface area contributed by atoms with Crippen molar-refractivity contribution in [3.63, 3.8) is 0 Å². The first-order valence-electron chi connectivity index (χ1n) is 5.30. The number of ether oxygens (including phenoxy) is 2. The van der Waals surface area contributed by atoms with E-state index in [4.69, 9.17) is 21.1 Å². The highest BCUT2D eigenvalue weighted by atomic mass is 35.5. The van der Waals surface area contributed by atoms with Crippen molar-refractivity contribution in [1.29, 1.82) is 0 Å². The fourth-order valence-electron chi connectivity index (χ4n) is 1.27. The number of para-hydroxylation sites is 1. The molecule has 1 N–H and O–H groups in total. The predicted octanol–water partition coefficient (Wildman–Crippen LogP) is 2.75. The minimum Gasteiger partial charge on any atom is -0.481 e. The topological polar surface area (TPSA) is 73.3 Å². The normalized spacial score (nSPS) is 9.79. The van der Waals surface area contributed by atoms with Crippen molar-refractivity contribution in [1.82, 2.24) is 9.97 Å². The van der Waals surface area contributed by atoms with Crippen molar-refractivity contribution in [2.75, 3.05) is 12.4 Å². The molecule has 1 aromatic heterocycles. The van der Waals surface area contributed by atoms with E-state index in [-0.39, 0.29) is 17.0 Å². The summed E-state index contributed by atoms with van der Waals surface area (Å²) >= 11 is 5.75. The Hall–Kier alpha value is -2.34. The first kappa shape index (κ1) is 13.1. The lowest BCUT2D eigenvalue weighted by Crippen LogP contribution is -2.18. The molecule has 19 heavy (non-hydrogen) atoms. The Kier molecular flexibility index (Phi) is 4.15. The largest absolute Gasteiger partial charge is 0.481 e. The molecule has 0 fully saturated rings. The number of carbonyl (C=O) groups is 1. The van der Waals surface area contributed by atoms with Crippen LogP contribution in [-0.4, -0.2) is 23.2 Å². The lowest BCUT2D eigenvalue weighted by atomic mass is 10.3. The van der Waals surface area contributed by atoms with Crippen molar-refractivity contribution < 1.29 is 14.3 Å². The van der Waals surface area contributed by atoms with E-state index >= 15 is 0 Å². The van der Waals surface area contributed by atoms with Crippen LogP contribution in [0.1, 0.15) is 0 Å². The molecule has 2 rings (SSSR count). The number of aromatic nitrogens is 2. The molecule has 1 aromatic carbocycles. The van der Waals surface area contributed by atoms with Crippen LogP contribution in [0, 0.1) is 0 Å². The second-order valence-electron chi connectivity index (χ2n) is 3.38. The van der Waals surface area contributed by atoms with Crippen LogP contribution in [0.3, 0.4) is 0 Å². The molecule has 0 saturated carbocycles. The summed E-state index contributed by atoms with van der Waals surface area (Å²) in [6, 6.07) is 10.0. The second-order valence-corrected chi connectivity index (χ2v) is 3.77. The molecular weight excluding hydrogens is 270 g/mol. The van der Waals surface area contributed by atoms with E-state index in [0.717, 1.165) is 0 Å². The maximum atomic E-state index is 11.6. The van der Waals surface area contributed by atoms with Gasteiger partial charge in [-0.3, -0.25) is 5.32 Å². The number of rotatable bonds is 3. The minimum atomic E-state index is -0.712. The smallest absolute Gasteiger partial charge is 0.419 e. The van der Waals surface area contributed by atoms with Gasteiger partial charge in [-0.05, 0) is 12.1 Å². The van der Waals surface area contributed by atoms with E-state index in [1.54, 1.807) is 24.3 Å². The molecule has 2 aromatic rings. The average Bonchev–Trinajstić information content (AvgIpc) is 2.38. The van der Waals surface area contributed by atoms with Gasteiger partial charge in [-0.1, -0.05) is 29.8 Å². The first-order valence-corrected chi connectivity index (χ1v) is 5.67. The molecular formula is C12H10ClN3O3. The van der Waals surface area contributed by atoms with E-state index in [0.29, 0.717) is 5.75 Å². The molecule has 1 amide bonds. The molecule has 0 aliphatic rings. The maximum Gasteiger partial charge on any atom is 0.419 e. The zero-order valence-electron chi connectivity index (χ0n) is 9.96. The maximum absolute atomic E-state index is 11.6. The first-order chi connectivity index (χ1) is 9.17. The molecule has 98 valence electrons. The monoisotopic (exact) mass is 279 g/mol. The number of halogens is 1. The van der Waals surface area contributed by atoms with Crippen LogP contribution in [0.25, 0.3) is 0 Å². The number of nitrogens with zero attached hydrogens (tertiary/aromatic N) is 2. The van der Waals surface area contributed by atoms with Gasteiger partial charge in [0, 0.05) is 6.07 Å². The van der Waals surface area contributed by atoms with Crippen LogP contribution in [0.15, 0.2) is 36.4 Å². The van der Waals surface area contributed by atoms with Crippen LogP contribution in [0.4, 0.5) is 10.7 Å². The Balaban J connectivity index is 2.05. The molecule has 0 spiro atoms. The van der Waals surface area contributed by atoms with Crippen molar-refractivity contribution in [2.24, 2.45) is 0 Å². The third-order valence-electron chi connectivity index (χ3n) is 2.05. The Bertz CT molecular complexity index is 578. The summed E-state index contributed by atoms with van der Waals surface area (Å²) in [5.41, 5.74) is 0. The van der Waals surface area contributed by atoms with Gasteiger partial charge in [0.25, 0.3) is 0 Å². The molecule has 0 unspecified atom stereocenters. The van der Waals surface area contributed by atoms with E-state index < -0.39 is 6.09 Å². The summed E-state index contributed by atoms with van der Waals surface area (Å²) in [4.78, 5) is 19.3. The highest BCUT2D eigenvalue weighted by Gasteiger charge is 2.09. The van der Waals surface area contributed by atoms with Crippen LogP contribution in [0.5, 0.6) is 11.6 Å². The summed E-state index contributed by atoms with van der Waals surface area (Å²) in [7, 11) is 1.44. The number of amides is 1. The Labute approximate surface area is 114 Å². The molecule has 0 atom stereocenters. The third-order valence-corrected chi connectivity index (χ3v) is 2.24. The molecule has 0 saturated heterocycles. The van der Waals surface area contributed by atoms with Crippen LogP contribution in [0.2, 0.25) is 5.15 Å². The SMILES string of the molecule is COc1cc(Cl)nc(NC(=O)Oc2ccccc2)n1. The molecule has 0 aliphatic carbocycles. The highest BCUT2D eigenvalue weighted by Crippen LogP contribution is 2.16. The van der Waals surface area contributed by atoms with Gasteiger partial charge >= 0.3 is 6.09 Å². The number of carbonyl (C=O) groups excluding carboxylic acids is 1. The van der Waals surface area contributed by atoms with Gasteiger partial charge < -0.3 is 9.47 Å². The molecule has 6 nitrogen and oxygen atoms in total. The van der Waals surface area contributed by atoms with E-state index in [2.05, 4.69) is 15.3 Å². The van der Waals surface area contributed by atoms with Gasteiger partial charge in [0.2, 0.25) is 11.8 Å². The van der Waals surface area contributed by atoms with Gasteiger partial charge in [-0.2, -0.15) is 4.98 Å². The Morgan fingerprint density at radius 1 is 1.26 bits per heavy atom. The van der Waals surface area contributed by atoms with Crippen molar-refractivity contribution in [3.05, 3.63) is 41.6 Å². The lowest BCUT2D eigenvalue weighted by molar-refractivity contribution is 0.215.